The average molecular weight is 405 g/mol. The van der Waals surface area contributed by atoms with Crippen molar-refractivity contribution in [3.8, 4) is 0 Å². The molecule has 2 aromatic carbocycles. The van der Waals surface area contributed by atoms with Crippen LogP contribution < -0.4 is 11.2 Å². The SMILES string of the molecule is O=c1[nH]c2c(S(=O)(=O)c3ccc4ncncc4c3)ccc(Cl)c2c(=O)n1O. The van der Waals surface area contributed by atoms with Crippen LogP contribution in [0.1, 0.15) is 0 Å². The smallest absolute Gasteiger partial charge is 0.362 e. The molecule has 0 aliphatic rings. The van der Waals surface area contributed by atoms with Crippen molar-refractivity contribution in [3.05, 3.63) is 68.7 Å². The Morgan fingerprint density at radius 3 is 2.70 bits per heavy atom. The van der Waals surface area contributed by atoms with Gasteiger partial charge in [0.25, 0.3) is 5.56 Å². The van der Waals surface area contributed by atoms with E-state index >= 15 is 0 Å². The van der Waals surface area contributed by atoms with Gasteiger partial charge in [-0.2, -0.15) is 0 Å². The number of hydrogen-bond donors (Lipinski definition) is 2. The van der Waals surface area contributed by atoms with Crippen molar-refractivity contribution in [3.63, 3.8) is 0 Å². The van der Waals surface area contributed by atoms with Crippen LogP contribution >= 0.6 is 11.6 Å². The molecular formula is C16H9ClN4O5S. The Balaban J connectivity index is 2.07. The molecule has 2 N–H and O–H groups in total. The zero-order valence-electron chi connectivity index (χ0n) is 13.2. The predicted molar refractivity (Wildman–Crippen MR) is 96.0 cm³/mol. The molecule has 2 heterocycles. The topological polar surface area (TPSA) is 135 Å². The largest absolute Gasteiger partial charge is 0.421 e. The van der Waals surface area contributed by atoms with Crippen molar-refractivity contribution in [1.29, 1.82) is 0 Å². The Bertz CT molecular complexity index is 1460. The number of aromatic amines is 1. The van der Waals surface area contributed by atoms with Crippen molar-refractivity contribution in [2.75, 3.05) is 0 Å². The number of nitrogens with zero attached hydrogens (tertiary/aromatic N) is 3. The Hall–Kier alpha value is -3.24. The number of benzene rings is 2. The molecule has 0 bridgehead atoms. The Morgan fingerprint density at radius 2 is 1.93 bits per heavy atom. The summed E-state index contributed by atoms with van der Waals surface area (Å²) in [7, 11) is -4.13. The van der Waals surface area contributed by atoms with Gasteiger partial charge in [0.15, 0.2) is 0 Å². The molecule has 0 radical (unpaired) electrons. The van der Waals surface area contributed by atoms with E-state index in [0.717, 1.165) is 0 Å². The fourth-order valence-electron chi connectivity index (χ4n) is 2.73. The molecule has 9 nitrogen and oxygen atoms in total. The fraction of sp³-hybridized carbons (Fsp3) is 0. The van der Waals surface area contributed by atoms with E-state index in [-0.39, 0.29) is 30.4 Å². The first-order valence-corrected chi connectivity index (χ1v) is 9.28. The second kappa shape index (κ2) is 5.89. The Kier molecular flexibility index (Phi) is 3.75. The minimum atomic E-state index is -4.13. The summed E-state index contributed by atoms with van der Waals surface area (Å²) in [5, 5.41) is 9.57. The van der Waals surface area contributed by atoms with Crippen molar-refractivity contribution < 1.29 is 13.6 Å². The zero-order valence-corrected chi connectivity index (χ0v) is 14.8. The number of hydrogen-bond acceptors (Lipinski definition) is 7. The number of fused-ring (bicyclic) bond motifs is 2. The quantitative estimate of drug-likeness (QED) is 0.481. The van der Waals surface area contributed by atoms with Gasteiger partial charge in [-0.15, -0.1) is 0 Å². The maximum atomic E-state index is 13.1. The molecule has 4 rings (SSSR count). The van der Waals surface area contributed by atoms with E-state index in [1.54, 1.807) is 0 Å². The van der Waals surface area contributed by atoms with Crippen molar-refractivity contribution in [1.82, 2.24) is 19.7 Å². The van der Waals surface area contributed by atoms with E-state index in [1.165, 1.54) is 42.9 Å². The highest BCUT2D eigenvalue weighted by atomic mass is 35.5. The van der Waals surface area contributed by atoms with Gasteiger partial charge < -0.3 is 10.2 Å². The summed E-state index contributed by atoms with van der Waals surface area (Å²) in [6.07, 6.45) is 2.81. The number of sulfone groups is 1. The molecule has 27 heavy (non-hydrogen) atoms. The zero-order chi connectivity index (χ0) is 19.3. The van der Waals surface area contributed by atoms with Gasteiger partial charge in [-0.25, -0.2) is 23.2 Å². The van der Waals surface area contributed by atoms with E-state index in [9.17, 15) is 23.2 Å². The lowest BCUT2D eigenvalue weighted by Gasteiger charge is -2.10. The van der Waals surface area contributed by atoms with Gasteiger partial charge in [0.2, 0.25) is 9.84 Å². The second-order valence-electron chi connectivity index (χ2n) is 5.59. The third-order valence-electron chi connectivity index (χ3n) is 4.02. The number of H-pyrrole nitrogens is 1. The van der Waals surface area contributed by atoms with Gasteiger partial charge in [-0.3, -0.25) is 4.79 Å². The third-order valence-corrected chi connectivity index (χ3v) is 6.13. The molecule has 0 amide bonds. The molecule has 0 atom stereocenters. The highest BCUT2D eigenvalue weighted by molar-refractivity contribution is 7.91. The molecule has 0 saturated heterocycles. The van der Waals surface area contributed by atoms with Gasteiger partial charge in [-0.05, 0) is 30.3 Å². The maximum absolute atomic E-state index is 13.1. The summed E-state index contributed by atoms with van der Waals surface area (Å²) in [5.41, 5.74) is -2.03. The lowest BCUT2D eigenvalue weighted by atomic mass is 10.2. The van der Waals surface area contributed by atoms with Crippen LogP contribution in [0.5, 0.6) is 0 Å². The number of nitrogens with one attached hydrogen (secondary N) is 1. The van der Waals surface area contributed by atoms with Gasteiger partial charge in [0.05, 0.1) is 31.2 Å². The molecule has 0 aliphatic heterocycles. The lowest BCUT2D eigenvalue weighted by Crippen LogP contribution is -2.33. The normalized spacial score (nSPS) is 11.9. The summed E-state index contributed by atoms with van der Waals surface area (Å²) in [4.78, 5) is 33.6. The van der Waals surface area contributed by atoms with Crippen LogP contribution in [0.15, 0.2) is 62.2 Å². The fourth-order valence-corrected chi connectivity index (χ4v) is 4.42. The molecule has 136 valence electrons. The van der Waals surface area contributed by atoms with Crippen LogP contribution in [0.25, 0.3) is 21.8 Å². The first-order valence-electron chi connectivity index (χ1n) is 7.42. The number of aromatic nitrogens is 4. The minimum Gasteiger partial charge on any atom is -0.421 e. The molecule has 0 aliphatic carbocycles. The summed E-state index contributed by atoms with van der Waals surface area (Å²) in [6, 6.07) is 6.65. The van der Waals surface area contributed by atoms with Gasteiger partial charge in [0.1, 0.15) is 6.33 Å². The highest BCUT2D eigenvalue weighted by Crippen LogP contribution is 2.30. The van der Waals surface area contributed by atoms with Crippen LogP contribution in [-0.2, 0) is 9.84 Å². The standard InChI is InChI=1S/C16H9ClN4O5S/c17-10-2-4-12(14-13(10)15(22)21(24)16(23)20-14)27(25,26)9-1-3-11-8(5-9)6-18-7-19-11/h1-7,24H,(H,20,23). The van der Waals surface area contributed by atoms with E-state index in [1.807, 2.05) is 0 Å². The predicted octanol–water partition coefficient (Wildman–Crippen LogP) is 1.36. The Morgan fingerprint density at radius 1 is 1.15 bits per heavy atom. The molecular weight excluding hydrogens is 396 g/mol. The molecule has 11 heteroatoms. The van der Waals surface area contributed by atoms with Crippen LogP contribution in [0, 0.1) is 0 Å². The van der Waals surface area contributed by atoms with Gasteiger partial charge in [0, 0.05) is 11.6 Å². The Labute approximate surface area is 155 Å². The average Bonchev–Trinajstić information content (AvgIpc) is 2.65. The maximum Gasteiger partial charge on any atom is 0.362 e. The monoisotopic (exact) mass is 404 g/mol. The van der Waals surface area contributed by atoms with E-state index < -0.39 is 21.1 Å². The van der Waals surface area contributed by atoms with E-state index in [4.69, 9.17) is 11.6 Å². The molecule has 0 saturated carbocycles. The summed E-state index contributed by atoms with van der Waals surface area (Å²) in [6.45, 7) is 0. The van der Waals surface area contributed by atoms with E-state index in [2.05, 4.69) is 15.0 Å². The van der Waals surface area contributed by atoms with Crippen molar-refractivity contribution in [2.24, 2.45) is 0 Å². The summed E-state index contributed by atoms with van der Waals surface area (Å²) >= 11 is 5.97. The second-order valence-corrected chi connectivity index (χ2v) is 7.91. The molecule has 0 spiro atoms. The van der Waals surface area contributed by atoms with Crippen molar-refractivity contribution >= 4 is 43.2 Å². The van der Waals surface area contributed by atoms with Crippen LogP contribution in [0.3, 0.4) is 0 Å². The first-order chi connectivity index (χ1) is 12.8. The molecule has 4 aromatic rings. The van der Waals surface area contributed by atoms with Crippen LogP contribution in [0.2, 0.25) is 5.02 Å². The first kappa shape index (κ1) is 17.2. The third kappa shape index (κ3) is 2.57. The molecule has 0 unspecified atom stereocenters. The van der Waals surface area contributed by atoms with Gasteiger partial charge >= 0.3 is 5.69 Å². The van der Waals surface area contributed by atoms with Crippen LogP contribution in [-0.4, -0.2) is 33.3 Å². The van der Waals surface area contributed by atoms with E-state index in [0.29, 0.717) is 10.9 Å². The lowest BCUT2D eigenvalue weighted by molar-refractivity contribution is 0.162. The summed E-state index contributed by atoms with van der Waals surface area (Å²) < 4.78 is 26.1. The molecule has 0 fully saturated rings. The highest BCUT2D eigenvalue weighted by Gasteiger charge is 2.24. The minimum absolute atomic E-state index is 0.0811. The number of halogens is 1. The van der Waals surface area contributed by atoms with Crippen LogP contribution in [0.4, 0.5) is 0 Å². The van der Waals surface area contributed by atoms with Gasteiger partial charge in [-0.1, -0.05) is 16.3 Å². The number of rotatable bonds is 2. The molecule has 2 aromatic heterocycles. The summed E-state index contributed by atoms with van der Waals surface area (Å²) in [5.74, 6) is 0. The van der Waals surface area contributed by atoms with Crippen molar-refractivity contribution in [2.45, 2.75) is 9.79 Å².